The van der Waals surface area contributed by atoms with Crippen molar-refractivity contribution >= 4 is 85.4 Å². The second-order valence-corrected chi connectivity index (χ2v) is 15.9. The van der Waals surface area contributed by atoms with Gasteiger partial charge < -0.3 is 20.6 Å². The van der Waals surface area contributed by atoms with E-state index < -0.39 is 87.9 Å². The number of rotatable bonds is 16. The molecule has 2 aliphatic heterocycles. The average molecular weight is 900 g/mol. The minimum Gasteiger partial charge on any atom is -0.493 e. The summed E-state index contributed by atoms with van der Waals surface area (Å²) >= 11 is 0.775. The highest BCUT2D eigenvalue weighted by Gasteiger charge is 2.37. The van der Waals surface area contributed by atoms with Crippen LogP contribution in [-0.4, -0.2) is 106 Å². The minimum absolute atomic E-state index is 0.00821. The zero-order valence-corrected chi connectivity index (χ0v) is 33.2. The molecule has 0 bridgehead atoms. The summed E-state index contributed by atoms with van der Waals surface area (Å²) < 4.78 is 78.4. The topological polar surface area (TPSA) is 335 Å². The number of aromatic hydroxyl groups is 1. The van der Waals surface area contributed by atoms with Gasteiger partial charge in [0, 0.05) is 42.5 Å². The van der Waals surface area contributed by atoms with Crippen molar-refractivity contribution < 1.29 is 79.5 Å². The molecule has 28 heteroatoms. The Morgan fingerprint density at radius 2 is 1.46 bits per heavy atom. The standard InChI is InChI=1S/C31H29N7O17S4/c1-32-28(40)26-19(30(42)37(34-26)21-14-17(56-54-52-44)7-11-23(21)58(46,47)48)9-5-16(36-13-3-4-25(36)39)6-10-20-27(29(41)33-2)35-38(31(20)43)22-15-18(57-55-53-45)8-12-24(22)59(49,50)51/h5-12,14-15,42,44-45H,3-4,13H2,1-2H3,(H,32,40)(H,33,41)(H,46,47,48)(H,49,50,51)/b9-5?,16-6?,20-10-. The molecule has 7 N–H and O–H groups in total. The maximum absolute atomic E-state index is 13.9. The second kappa shape index (κ2) is 18.6. The van der Waals surface area contributed by atoms with E-state index in [0.717, 1.165) is 48.6 Å². The van der Waals surface area contributed by atoms with Gasteiger partial charge in [-0.05, 0) is 67.1 Å². The van der Waals surface area contributed by atoms with E-state index in [0.29, 0.717) is 40.2 Å². The van der Waals surface area contributed by atoms with Crippen molar-refractivity contribution in [3.63, 3.8) is 0 Å². The van der Waals surface area contributed by atoms with E-state index in [9.17, 15) is 50.2 Å². The molecule has 0 saturated carbocycles. The number of benzene rings is 2. The van der Waals surface area contributed by atoms with Gasteiger partial charge in [-0.25, -0.2) is 10.5 Å². The first-order chi connectivity index (χ1) is 27.9. The van der Waals surface area contributed by atoms with Gasteiger partial charge in [0.25, 0.3) is 38.0 Å². The molecule has 0 spiro atoms. The zero-order valence-electron chi connectivity index (χ0n) is 29.9. The van der Waals surface area contributed by atoms with Gasteiger partial charge in [0.15, 0.2) is 11.4 Å². The van der Waals surface area contributed by atoms with Crippen LogP contribution >= 0.6 is 24.1 Å². The number of nitrogens with one attached hydrogen (secondary N) is 2. The van der Waals surface area contributed by atoms with Crippen molar-refractivity contribution in [1.29, 1.82) is 0 Å². The van der Waals surface area contributed by atoms with E-state index in [1.54, 1.807) is 0 Å². The van der Waals surface area contributed by atoms with Crippen LogP contribution in [0.5, 0.6) is 5.88 Å². The van der Waals surface area contributed by atoms with E-state index in [2.05, 4.69) is 39.6 Å². The smallest absolute Gasteiger partial charge is 0.296 e. The maximum atomic E-state index is 13.9. The lowest BCUT2D eigenvalue weighted by atomic mass is 10.1. The highest BCUT2D eigenvalue weighted by Crippen LogP contribution is 2.36. The molecule has 314 valence electrons. The summed E-state index contributed by atoms with van der Waals surface area (Å²) in [7, 11) is -7.55. The Kier molecular flexibility index (Phi) is 14.1. The van der Waals surface area contributed by atoms with Gasteiger partial charge in [0.2, 0.25) is 11.8 Å². The molecule has 5 rings (SSSR count). The Bertz CT molecular complexity index is 2550. The van der Waals surface area contributed by atoms with E-state index in [1.807, 2.05) is 0 Å². The number of hydrogen-bond donors (Lipinski definition) is 7. The number of carbonyl (C=O) groups is 4. The van der Waals surface area contributed by atoms with E-state index >= 15 is 0 Å². The van der Waals surface area contributed by atoms with Crippen molar-refractivity contribution in [2.24, 2.45) is 5.10 Å². The van der Waals surface area contributed by atoms with Crippen molar-refractivity contribution in [2.75, 3.05) is 25.6 Å². The summed E-state index contributed by atoms with van der Waals surface area (Å²) in [6.07, 6.45) is 5.13. The number of allylic oxidation sites excluding steroid dienone is 3. The van der Waals surface area contributed by atoms with Crippen molar-refractivity contribution in [3.8, 4) is 11.6 Å². The first kappa shape index (κ1) is 44.6. The lowest BCUT2D eigenvalue weighted by molar-refractivity contribution is -0.432. The lowest BCUT2D eigenvalue weighted by Crippen LogP contribution is -2.29. The third-order valence-corrected chi connectivity index (χ3v) is 11.0. The highest BCUT2D eigenvalue weighted by molar-refractivity contribution is 7.94. The number of aromatic nitrogens is 2. The SMILES string of the molecule is CNC(=O)C1=NN(c2cc(SOOO)ccc2S(=O)(=O)O)C(=O)/C1=C\C=C(C=Cc1c(C(=O)NC)nn(-c2cc(SOOO)ccc2S(=O)(=O)O)c1O)N1CCCC1=O. The van der Waals surface area contributed by atoms with E-state index in [4.69, 9.17) is 10.5 Å². The zero-order chi connectivity index (χ0) is 43.2. The molecular formula is C31H29N7O17S4. The molecule has 1 fully saturated rings. The van der Waals surface area contributed by atoms with Gasteiger partial charge >= 0.3 is 0 Å². The highest BCUT2D eigenvalue weighted by atomic mass is 32.2. The summed E-state index contributed by atoms with van der Waals surface area (Å²) in [6.45, 7) is 0.145. The predicted molar refractivity (Wildman–Crippen MR) is 201 cm³/mol. The van der Waals surface area contributed by atoms with Gasteiger partial charge in [-0.2, -0.15) is 36.7 Å². The van der Waals surface area contributed by atoms with Crippen LogP contribution < -0.4 is 15.6 Å². The van der Waals surface area contributed by atoms with E-state index in [-0.39, 0.29) is 34.0 Å². The quantitative estimate of drug-likeness (QED) is 0.0269. The number of likely N-dealkylation sites (tertiary alicyclic amines) is 1. The van der Waals surface area contributed by atoms with Crippen LogP contribution in [0.4, 0.5) is 5.69 Å². The fourth-order valence-corrected chi connectivity index (χ4v) is 7.60. The third kappa shape index (κ3) is 9.86. The molecular weight excluding hydrogens is 871 g/mol. The van der Waals surface area contributed by atoms with Crippen LogP contribution in [0.2, 0.25) is 0 Å². The number of anilines is 1. The normalized spacial score (nSPS) is 15.8. The number of hydrazone groups is 1. The molecule has 0 radical (unpaired) electrons. The molecule has 24 nitrogen and oxygen atoms in total. The summed E-state index contributed by atoms with van der Waals surface area (Å²) in [5.74, 6) is -4.13. The maximum Gasteiger partial charge on any atom is 0.296 e. The molecule has 0 atom stereocenters. The molecule has 3 aromatic rings. The Morgan fingerprint density at radius 3 is 1.98 bits per heavy atom. The van der Waals surface area contributed by atoms with Crippen LogP contribution in [0.1, 0.15) is 28.9 Å². The van der Waals surface area contributed by atoms with Crippen LogP contribution in [0.15, 0.2) is 90.6 Å². The van der Waals surface area contributed by atoms with E-state index in [1.165, 1.54) is 31.1 Å². The first-order valence-electron chi connectivity index (χ1n) is 16.1. The number of nitrogens with zero attached hydrogens (tertiary/aromatic N) is 5. The summed E-state index contributed by atoms with van der Waals surface area (Å²) in [6, 6.07) is 6.17. The Balaban J connectivity index is 1.66. The van der Waals surface area contributed by atoms with Crippen LogP contribution in [0.25, 0.3) is 11.8 Å². The fourth-order valence-electron chi connectivity index (χ4n) is 5.51. The third-order valence-electron chi connectivity index (χ3n) is 8.08. The molecule has 0 unspecified atom stereocenters. The van der Waals surface area contributed by atoms with Crippen molar-refractivity contribution in [2.45, 2.75) is 32.4 Å². The first-order valence-corrected chi connectivity index (χ1v) is 20.4. The average Bonchev–Trinajstić information content (AvgIpc) is 3.88. The summed E-state index contributed by atoms with van der Waals surface area (Å²) in [5.41, 5.74) is -2.83. The predicted octanol–water partition coefficient (Wildman–Crippen LogP) is 1.88. The molecule has 4 amide bonds. The number of carbonyl (C=O) groups excluding carboxylic acids is 4. The lowest BCUT2D eigenvalue weighted by Gasteiger charge is -2.17. The van der Waals surface area contributed by atoms with Crippen LogP contribution in [-0.2, 0) is 53.4 Å². The number of hydrogen-bond acceptors (Lipinski definition) is 19. The summed E-state index contributed by atoms with van der Waals surface area (Å²) in [4.78, 5) is 52.7. The van der Waals surface area contributed by atoms with Crippen LogP contribution in [0.3, 0.4) is 0 Å². The van der Waals surface area contributed by atoms with Gasteiger partial charge in [0.05, 0.1) is 46.6 Å². The molecule has 1 aromatic heterocycles. The Hall–Kier alpha value is -5.50. The number of amides is 4. The van der Waals surface area contributed by atoms with Gasteiger partial charge in [-0.15, -0.1) is 8.67 Å². The fraction of sp³-hybridized carbons (Fsp3) is 0.161. The van der Waals surface area contributed by atoms with Gasteiger partial charge in [0.1, 0.15) is 9.79 Å². The molecule has 0 aliphatic carbocycles. The van der Waals surface area contributed by atoms with Crippen molar-refractivity contribution in [3.05, 3.63) is 77.2 Å². The van der Waals surface area contributed by atoms with Gasteiger partial charge in [-0.1, -0.05) is 10.1 Å². The summed E-state index contributed by atoms with van der Waals surface area (Å²) in [5, 5.41) is 48.8. The Labute approximate surface area is 341 Å². The minimum atomic E-state index is -5.01. The van der Waals surface area contributed by atoms with Crippen LogP contribution in [0, 0.1) is 0 Å². The molecule has 2 aromatic carbocycles. The van der Waals surface area contributed by atoms with Gasteiger partial charge in [-0.3, -0.25) is 28.3 Å². The largest absolute Gasteiger partial charge is 0.493 e. The molecule has 3 heterocycles. The van der Waals surface area contributed by atoms with Crippen molar-refractivity contribution in [1.82, 2.24) is 25.3 Å². The second-order valence-electron chi connectivity index (χ2n) is 11.5. The molecule has 2 aliphatic rings. The molecule has 59 heavy (non-hydrogen) atoms. The molecule has 1 saturated heterocycles. The monoisotopic (exact) mass is 899 g/mol. The Morgan fingerprint density at radius 1 is 0.881 bits per heavy atom.